The molecule has 1 N–H and O–H groups in total. The van der Waals surface area contributed by atoms with Gasteiger partial charge in [0.1, 0.15) is 0 Å². The quantitative estimate of drug-likeness (QED) is 0.762. The minimum absolute atomic E-state index is 0.176. The van der Waals surface area contributed by atoms with E-state index in [-0.39, 0.29) is 11.8 Å². The zero-order chi connectivity index (χ0) is 20.4. The summed E-state index contributed by atoms with van der Waals surface area (Å²) in [7, 11) is 3.27. The van der Waals surface area contributed by atoms with Gasteiger partial charge in [0.25, 0.3) is 5.91 Å². The molecule has 2 aliphatic heterocycles. The van der Waals surface area contributed by atoms with Crippen molar-refractivity contribution in [2.75, 3.05) is 20.8 Å². The summed E-state index contributed by atoms with van der Waals surface area (Å²) < 4.78 is 12.0. The zero-order valence-electron chi connectivity index (χ0n) is 16.6. The molecule has 3 aliphatic rings. The molecule has 3 atom stereocenters. The normalized spacial score (nSPS) is 30.0. The van der Waals surface area contributed by atoms with Gasteiger partial charge < -0.3 is 19.5 Å². The van der Waals surface area contributed by atoms with Gasteiger partial charge in [-0.25, -0.2) is 0 Å². The highest BCUT2D eigenvalue weighted by Crippen LogP contribution is 2.63. The first-order valence-electron chi connectivity index (χ1n) is 10.0. The lowest BCUT2D eigenvalue weighted by molar-refractivity contribution is -0.147. The molecule has 152 valence electrons. The van der Waals surface area contributed by atoms with Crippen LogP contribution in [0.5, 0.6) is 11.5 Å². The zero-order valence-corrected chi connectivity index (χ0v) is 18.2. The molecule has 5 nitrogen and oxygen atoms in total. The molecule has 6 heteroatoms. The third-order valence-corrected chi connectivity index (χ3v) is 7.68. The number of aliphatic hydroxyl groups is 1. The molecule has 0 aromatic heterocycles. The average Bonchev–Trinajstić information content (AvgIpc) is 3.24. The van der Waals surface area contributed by atoms with Gasteiger partial charge in [-0.15, -0.1) is 0 Å². The molecule has 2 aromatic carbocycles. The molecule has 1 amide bonds. The molecule has 2 fully saturated rings. The van der Waals surface area contributed by atoms with E-state index in [1.165, 1.54) is 5.56 Å². The molecule has 29 heavy (non-hydrogen) atoms. The van der Waals surface area contributed by atoms with Gasteiger partial charge in [0.15, 0.2) is 17.1 Å². The Kier molecular flexibility index (Phi) is 4.23. The molecular formula is C23H24BrNO4. The summed E-state index contributed by atoms with van der Waals surface area (Å²) in [5.41, 5.74) is 0.954. The number of fused-ring (bicyclic) bond motifs is 1. The van der Waals surface area contributed by atoms with Gasteiger partial charge in [-0.3, -0.25) is 4.79 Å². The molecule has 2 heterocycles. The van der Waals surface area contributed by atoms with E-state index in [0.29, 0.717) is 23.6 Å². The molecule has 0 bridgehead atoms. The smallest absolute Gasteiger partial charge is 0.260 e. The van der Waals surface area contributed by atoms with Gasteiger partial charge >= 0.3 is 0 Å². The summed E-state index contributed by atoms with van der Waals surface area (Å²) in [5, 5.41) is 11.9. The maximum Gasteiger partial charge on any atom is 0.260 e. The topological polar surface area (TPSA) is 59.0 Å². The highest BCUT2D eigenvalue weighted by atomic mass is 79.9. The van der Waals surface area contributed by atoms with Crippen molar-refractivity contribution in [2.45, 2.75) is 36.8 Å². The van der Waals surface area contributed by atoms with Crippen molar-refractivity contribution in [1.29, 1.82) is 0 Å². The van der Waals surface area contributed by atoms with Crippen LogP contribution in [0, 0.1) is 5.92 Å². The lowest BCUT2D eigenvalue weighted by Gasteiger charge is -2.44. The largest absolute Gasteiger partial charge is 0.493 e. The Labute approximate surface area is 178 Å². The monoisotopic (exact) mass is 457 g/mol. The molecule has 2 aromatic rings. The number of halogens is 1. The molecule has 5 rings (SSSR count). The van der Waals surface area contributed by atoms with E-state index in [1.54, 1.807) is 14.2 Å². The van der Waals surface area contributed by atoms with Crippen molar-refractivity contribution < 1.29 is 19.4 Å². The second kappa shape index (κ2) is 6.47. The standard InChI is InChI=1S/C23H24BrNO4/c1-28-18-12-14-9-11-25-21(26)23(27,15-5-7-16(24)8-6-15)20-4-3-10-22(20,25)17(14)13-19(18)29-2/h5-8,12-13,20,27H,3-4,9-11H2,1-2H3/t20-,22-,23+/m0/s1. The Hall–Kier alpha value is -2.05. The van der Waals surface area contributed by atoms with Crippen LogP contribution in [0.2, 0.25) is 0 Å². The summed E-state index contributed by atoms with van der Waals surface area (Å²) in [6.45, 7) is 0.608. The maximum atomic E-state index is 13.7. The van der Waals surface area contributed by atoms with E-state index < -0.39 is 11.1 Å². The van der Waals surface area contributed by atoms with Crippen molar-refractivity contribution in [3.63, 3.8) is 0 Å². The highest BCUT2D eigenvalue weighted by Gasteiger charge is 2.69. The molecule has 1 spiro atoms. The van der Waals surface area contributed by atoms with Crippen LogP contribution < -0.4 is 9.47 Å². The lowest BCUT2D eigenvalue weighted by atomic mass is 9.70. The van der Waals surface area contributed by atoms with E-state index in [4.69, 9.17) is 9.47 Å². The van der Waals surface area contributed by atoms with E-state index in [9.17, 15) is 9.90 Å². The summed E-state index contributed by atoms with van der Waals surface area (Å²) in [5.74, 6) is 1.00. The molecule has 1 aliphatic carbocycles. The fourth-order valence-electron chi connectivity index (χ4n) is 5.96. The molecule has 0 unspecified atom stereocenters. The number of hydrogen-bond acceptors (Lipinski definition) is 4. The van der Waals surface area contributed by atoms with Gasteiger partial charge in [-0.05, 0) is 60.2 Å². The summed E-state index contributed by atoms with van der Waals surface area (Å²) in [4.78, 5) is 15.6. The van der Waals surface area contributed by atoms with Crippen LogP contribution in [0.4, 0.5) is 0 Å². The fourth-order valence-corrected chi connectivity index (χ4v) is 6.23. The summed E-state index contributed by atoms with van der Waals surface area (Å²) in [6.07, 6.45) is 3.38. The first-order chi connectivity index (χ1) is 14.0. The van der Waals surface area contributed by atoms with Crippen molar-refractivity contribution in [3.8, 4) is 11.5 Å². The summed E-state index contributed by atoms with van der Waals surface area (Å²) >= 11 is 3.45. The Morgan fingerprint density at radius 3 is 2.52 bits per heavy atom. The van der Waals surface area contributed by atoms with Crippen LogP contribution in [-0.4, -0.2) is 36.7 Å². The van der Waals surface area contributed by atoms with Crippen LogP contribution in [0.3, 0.4) is 0 Å². The minimum Gasteiger partial charge on any atom is -0.493 e. The average molecular weight is 458 g/mol. The van der Waals surface area contributed by atoms with Gasteiger partial charge in [0.05, 0.1) is 19.8 Å². The minimum atomic E-state index is -1.51. The second-order valence-electron chi connectivity index (χ2n) is 8.21. The molecular weight excluding hydrogens is 434 g/mol. The Bertz CT molecular complexity index is 991. The third kappa shape index (κ3) is 2.33. The van der Waals surface area contributed by atoms with Crippen LogP contribution in [-0.2, 0) is 22.4 Å². The second-order valence-corrected chi connectivity index (χ2v) is 9.13. The molecule has 0 radical (unpaired) electrons. The lowest BCUT2D eigenvalue weighted by Crippen LogP contribution is -2.49. The number of ether oxygens (including phenoxy) is 2. The molecule has 1 saturated heterocycles. The third-order valence-electron chi connectivity index (χ3n) is 7.15. The summed E-state index contributed by atoms with van der Waals surface area (Å²) in [6, 6.07) is 11.6. The van der Waals surface area contributed by atoms with Crippen molar-refractivity contribution >= 4 is 21.8 Å². The van der Waals surface area contributed by atoms with Crippen LogP contribution in [0.15, 0.2) is 40.9 Å². The van der Waals surface area contributed by atoms with Crippen molar-refractivity contribution in [1.82, 2.24) is 4.90 Å². The van der Waals surface area contributed by atoms with Gasteiger partial charge in [-0.2, -0.15) is 0 Å². The first kappa shape index (κ1) is 18.9. The van der Waals surface area contributed by atoms with E-state index >= 15 is 0 Å². The number of carbonyl (C=O) groups is 1. The van der Waals surface area contributed by atoms with Crippen molar-refractivity contribution in [3.05, 3.63) is 57.6 Å². The predicted octanol–water partition coefficient (Wildman–Crippen LogP) is 3.75. The number of nitrogens with zero attached hydrogens (tertiary/aromatic N) is 1. The highest BCUT2D eigenvalue weighted by molar-refractivity contribution is 9.10. The van der Waals surface area contributed by atoms with Gasteiger partial charge in [0, 0.05) is 16.9 Å². The van der Waals surface area contributed by atoms with E-state index in [2.05, 4.69) is 15.9 Å². The Balaban J connectivity index is 1.72. The fraction of sp³-hybridized carbons (Fsp3) is 0.435. The van der Waals surface area contributed by atoms with Crippen LogP contribution >= 0.6 is 15.9 Å². The first-order valence-corrected chi connectivity index (χ1v) is 10.8. The molecule has 1 saturated carbocycles. The maximum absolute atomic E-state index is 13.7. The number of rotatable bonds is 3. The van der Waals surface area contributed by atoms with Crippen LogP contribution in [0.25, 0.3) is 0 Å². The number of benzene rings is 2. The number of hydrogen-bond donors (Lipinski definition) is 1. The predicted molar refractivity (Wildman–Crippen MR) is 112 cm³/mol. The van der Waals surface area contributed by atoms with E-state index in [0.717, 1.165) is 35.7 Å². The van der Waals surface area contributed by atoms with E-state index in [1.807, 2.05) is 41.3 Å². The SMILES string of the molecule is COc1cc2c(cc1OC)[C@@]13CCC[C@@H]1[C@](O)(c1ccc(Br)cc1)C(=O)N3CC2. The van der Waals surface area contributed by atoms with Gasteiger partial charge in [-0.1, -0.05) is 34.5 Å². The van der Waals surface area contributed by atoms with Gasteiger partial charge in [0.2, 0.25) is 0 Å². The Morgan fingerprint density at radius 2 is 1.83 bits per heavy atom. The number of methoxy groups -OCH3 is 2. The number of amides is 1. The Morgan fingerprint density at radius 1 is 1.14 bits per heavy atom. The van der Waals surface area contributed by atoms with Crippen LogP contribution in [0.1, 0.15) is 36.0 Å². The van der Waals surface area contributed by atoms with Crippen molar-refractivity contribution in [2.24, 2.45) is 5.92 Å². The number of carbonyl (C=O) groups excluding carboxylic acids is 1.